The van der Waals surface area contributed by atoms with Crippen LogP contribution in [-0.2, 0) is 22.2 Å². The summed E-state index contributed by atoms with van der Waals surface area (Å²) in [7, 11) is -4.60. The summed E-state index contributed by atoms with van der Waals surface area (Å²) >= 11 is 0. The first-order valence-corrected chi connectivity index (χ1v) is 8.90. The van der Waals surface area contributed by atoms with Gasteiger partial charge in [-0.25, -0.2) is 4.98 Å². The van der Waals surface area contributed by atoms with Crippen molar-refractivity contribution >= 4 is 37.1 Å². The molecule has 0 saturated heterocycles. The number of carboxylic acids is 1. The van der Waals surface area contributed by atoms with E-state index < -0.39 is 24.6 Å². The minimum absolute atomic E-state index is 0. The second-order valence-electron chi connectivity index (χ2n) is 5.80. The second-order valence-corrected chi connectivity index (χ2v) is 7.35. The minimum atomic E-state index is -4.60. The molecule has 2 heterocycles. The zero-order chi connectivity index (χ0) is 17.9. The van der Waals surface area contributed by atoms with Crippen LogP contribution in [0.4, 0.5) is 0 Å². The molecule has 0 saturated carbocycles. The Labute approximate surface area is 151 Å². The number of carboxylic acid groups (broad SMARTS) is 1. The van der Waals surface area contributed by atoms with E-state index in [1.807, 2.05) is 0 Å². The summed E-state index contributed by atoms with van der Waals surface area (Å²) in [6, 6.07) is 5.20. The van der Waals surface area contributed by atoms with Crippen LogP contribution >= 0.6 is 20.0 Å². The van der Waals surface area contributed by atoms with Gasteiger partial charge < -0.3 is 19.9 Å². The number of halogens is 1. The van der Waals surface area contributed by atoms with Crippen LogP contribution in [0.15, 0.2) is 29.2 Å². The molecule has 4 N–H and O–H groups in total. The van der Waals surface area contributed by atoms with E-state index in [1.165, 1.54) is 4.40 Å². The van der Waals surface area contributed by atoms with Gasteiger partial charge in [0.25, 0.3) is 5.56 Å². The van der Waals surface area contributed by atoms with Crippen LogP contribution < -0.4 is 11.0 Å². The third kappa shape index (κ3) is 2.75. The van der Waals surface area contributed by atoms with E-state index in [0.717, 1.165) is 11.8 Å². The van der Waals surface area contributed by atoms with E-state index in [0.29, 0.717) is 28.9 Å². The van der Waals surface area contributed by atoms with Crippen molar-refractivity contribution in [2.75, 3.05) is 0 Å². The molecule has 0 spiro atoms. The number of H-pyrrole nitrogens is 1. The number of carbonyl (C=O) groups is 1. The fourth-order valence-electron chi connectivity index (χ4n) is 3.21. The van der Waals surface area contributed by atoms with E-state index in [-0.39, 0.29) is 24.5 Å². The maximum Gasteiger partial charge on any atom is 0.376 e. The zero-order valence-electron chi connectivity index (χ0n) is 13.0. The molecule has 26 heavy (non-hydrogen) atoms. The molecule has 1 aromatic carbocycles. The molecule has 0 fully saturated rings. The fourth-order valence-corrected chi connectivity index (χ4v) is 3.70. The van der Waals surface area contributed by atoms with Crippen LogP contribution in [-0.4, -0.2) is 35.2 Å². The van der Waals surface area contributed by atoms with Gasteiger partial charge >= 0.3 is 13.6 Å². The Morgan fingerprint density at radius 1 is 1.35 bits per heavy atom. The lowest BCUT2D eigenvalue weighted by Crippen LogP contribution is -2.13. The number of aliphatic carboxylic acids is 1. The van der Waals surface area contributed by atoms with Crippen molar-refractivity contribution in [2.24, 2.45) is 0 Å². The number of aromatic amines is 1. The lowest BCUT2D eigenvalue weighted by Gasteiger charge is -2.05. The van der Waals surface area contributed by atoms with E-state index in [9.17, 15) is 23.9 Å². The van der Waals surface area contributed by atoms with Crippen molar-refractivity contribution in [3.63, 3.8) is 0 Å². The lowest BCUT2D eigenvalue weighted by atomic mass is 10.0. The van der Waals surface area contributed by atoms with Crippen molar-refractivity contribution < 1.29 is 24.3 Å². The first-order valence-electron chi connectivity index (χ1n) is 7.29. The molecular weight excluding hydrogens is 385 g/mol. The fraction of sp³-hybridized carbons (Fsp3) is 0.133. The Morgan fingerprint density at radius 3 is 2.73 bits per heavy atom. The van der Waals surface area contributed by atoms with Crippen molar-refractivity contribution in [1.29, 1.82) is 0 Å². The second kappa shape index (κ2) is 6.07. The Bertz CT molecular complexity index is 1160. The Hall–Kier alpha value is -2.45. The average molecular weight is 398 g/mol. The van der Waals surface area contributed by atoms with Gasteiger partial charge in [-0.2, -0.15) is 0 Å². The highest BCUT2D eigenvalue weighted by Gasteiger charge is 2.29. The maximum absolute atomic E-state index is 12.3. The normalized spacial score (nSPS) is 12.5. The van der Waals surface area contributed by atoms with Gasteiger partial charge in [0.05, 0.1) is 17.8 Å². The van der Waals surface area contributed by atoms with E-state index in [4.69, 9.17) is 5.11 Å². The standard InChI is InChI=1S/C15H12N3O6P.ClH/c19-12(20)4-7-2-1-3-8-9(7)5-10-13(8)17-15(21)14-16-11(6-18(10)14)25(22,23)24;/h1-3,6H,4-5H2,(H,17,21)(H,19,20)(H2,22,23,24);1H. The molecule has 4 rings (SSSR count). The van der Waals surface area contributed by atoms with Crippen LogP contribution in [0.2, 0.25) is 0 Å². The van der Waals surface area contributed by atoms with Crippen molar-refractivity contribution in [3.8, 4) is 11.3 Å². The summed E-state index contributed by atoms with van der Waals surface area (Å²) in [4.78, 5) is 48.4. The molecule has 9 nitrogen and oxygen atoms in total. The number of aromatic nitrogens is 3. The summed E-state index contributed by atoms with van der Waals surface area (Å²) in [6.45, 7) is 0. The van der Waals surface area contributed by atoms with Gasteiger partial charge in [0.2, 0.25) is 5.65 Å². The predicted molar refractivity (Wildman–Crippen MR) is 94.3 cm³/mol. The van der Waals surface area contributed by atoms with E-state index >= 15 is 0 Å². The molecular formula is C15H13ClN3O6P. The molecule has 0 atom stereocenters. The highest BCUT2D eigenvalue weighted by atomic mass is 35.5. The molecule has 1 aliphatic rings. The number of nitrogens with zero attached hydrogens (tertiary/aromatic N) is 2. The average Bonchev–Trinajstić information content (AvgIpc) is 3.09. The summed E-state index contributed by atoms with van der Waals surface area (Å²) in [5.74, 6) is -0.964. The quantitative estimate of drug-likeness (QED) is 0.367. The third-order valence-corrected chi connectivity index (χ3v) is 5.05. The van der Waals surface area contributed by atoms with Crippen LogP contribution in [0, 0.1) is 0 Å². The largest absolute Gasteiger partial charge is 0.481 e. The minimum Gasteiger partial charge on any atom is -0.481 e. The monoisotopic (exact) mass is 397 g/mol. The number of hydrogen-bond donors (Lipinski definition) is 4. The van der Waals surface area contributed by atoms with Crippen molar-refractivity contribution in [3.05, 3.63) is 51.6 Å². The lowest BCUT2D eigenvalue weighted by molar-refractivity contribution is -0.136. The number of imidazole rings is 1. The molecule has 1 aliphatic carbocycles. The summed E-state index contributed by atoms with van der Waals surface area (Å²) < 4.78 is 12.8. The Morgan fingerprint density at radius 2 is 2.08 bits per heavy atom. The smallest absolute Gasteiger partial charge is 0.376 e. The topological polar surface area (TPSA) is 145 Å². The molecule has 0 amide bonds. The van der Waals surface area contributed by atoms with Crippen LogP contribution in [0.3, 0.4) is 0 Å². The first kappa shape index (κ1) is 18.3. The first-order chi connectivity index (χ1) is 11.8. The molecule has 2 aromatic heterocycles. The number of rotatable bonds is 3. The Kier molecular flexibility index (Phi) is 4.28. The number of benzene rings is 1. The summed E-state index contributed by atoms with van der Waals surface area (Å²) in [6.07, 6.45) is 1.34. The number of hydrogen-bond acceptors (Lipinski definition) is 4. The van der Waals surface area contributed by atoms with Gasteiger partial charge in [-0.05, 0) is 11.1 Å². The molecule has 3 aromatic rings. The van der Waals surface area contributed by atoms with Gasteiger partial charge in [0.1, 0.15) is 0 Å². The maximum atomic E-state index is 12.3. The van der Waals surface area contributed by atoms with Crippen LogP contribution in [0.5, 0.6) is 0 Å². The highest BCUT2D eigenvalue weighted by Crippen LogP contribution is 2.38. The van der Waals surface area contributed by atoms with E-state index in [2.05, 4.69) is 9.97 Å². The number of nitrogens with one attached hydrogen (secondary N) is 1. The Balaban J connectivity index is 0.00000196. The molecule has 11 heteroatoms. The van der Waals surface area contributed by atoms with E-state index in [1.54, 1.807) is 18.2 Å². The SMILES string of the molecule is Cl.O=C(O)Cc1cccc2c1Cc1c-2[nH]c(=O)c2nc(P(=O)(O)O)cn12. The van der Waals surface area contributed by atoms with Gasteiger partial charge in [0, 0.05) is 18.2 Å². The predicted octanol–water partition coefficient (Wildman–Crippen LogP) is 0.446. The van der Waals surface area contributed by atoms with Gasteiger partial charge in [0.15, 0.2) is 5.44 Å². The zero-order valence-corrected chi connectivity index (χ0v) is 14.8. The van der Waals surface area contributed by atoms with Crippen LogP contribution in [0.1, 0.15) is 16.8 Å². The molecule has 0 aliphatic heterocycles. The molecule has 0 radical (unpaired) electrons. The molecule has 0 bridgehead atoms. The van der Waals surface area contributed by atoms with Crippen LogP contribution in [0.25, 0.3) is 16.9 Å². The van der Waals surface area contributed by atoms with Crippen molar-refractivity contribution in [1.82, 2.24) is 14.4 Å². The van der Waals surface area contributed by atoms with Gasteiger partial charge in [-0.1, -0.05) is 18.2 Å². The highest BCUT2D eigenvalue weighted by molar-refractivity contribution is 7.60. The third-order valence-electron chi connectivity index (χ3n) is 4.24. The summed E-state index contributed by atoms with van der Waals surface area (Å²) in [5, 5.41) is 9.06. The van der Waals surface area contributed by atoms with Gasteiger partial charge in [-0.3, -0.25) is 18.6 Å². The number of fused-ring (bicyclic) bond motifs is 5. The van der Waals surface area contributed by atoms with Gasteiger partial charge in [-0.15, -0.1) is 12.4 Å². The van der Waals surface area contributed by atoms with Crippen molar-refractivity contribution in [2.45, 2.75) is 12.8 Å². The molecule has 0 unspecified atom stereocenters. The summed E-state index contributed by atoms with van der Waals surface area (Å²) in [5.41, 5.74) is 2.07. The molecule has 136 valence electrons.